The Morgan fingerprint density at radius 3 is 2.64 bits per heavy atom. The highest BCUT2D eigenvalue weighted by molar-refractivity contribution is 9.10. The van der Waals surface area contributed by atoms with Crippen LogP contribution >= 0.6 is 15.9 Å². The lowest BCUT2D eigenvalue weighted by Gasteiger charge is -2.01. The molecule has 0 aliphatic rings. The standard InChI is InChI=1S/C19H18BrNO3S/c1-16-7-9-17(10-8-16)11-14-25(22,23)21-12-2-3-13-24-19-6-4-5-18(20)15-19/h4-11,14-15,21H,12-13H2,1H3/b14-11+. The lowest BCUT2D eigenvalue weighted by atomic mass is 10.2. The molecule has 0 saturated heterocycles. The van der Waals surface area contributed by atoms with E-state index in [-0.39, 0.29) is 13.2 Å². The average molecular weight is 420 g/mol. The molecule has 2 rings (SSSR count). The third-order valence-electron chi connectivity index (χ3n) is 3.11. The van der Waals surface area contributed by atoms with Gasteiger partial charge < -0.3 is 4.74 Å². The van der Waals surface area contributed by atoms with E-state index < -0.39 is 10.0 Å². The highest BCUT2D eigenvalue weighted by Crippen LogP contribution is 2.17. The second-order valence-corrected chi connectivity index (χ2v) is 7.75. The van der Waals surface area contributed by atoms with Crippen molar-refractivity contribution in [2.75, 3.05) is 13.2 Å². The summed E-state index contributed by atoms with van der Waals surface area (Å²) >= 11 is 3.35. The Morgan fingerprint density at radius 1 is 1.16 bits per heavy atom. The maximum absolute atomic E-state index is 11.9. The largest absolute Gasteiger partial charge is 0.481 e. The molecule has 1 N–H and O–H groups in total. The summed E-state index contributed by atoms with van der Waals surface area (Å²) in [5.41, 5.74) is 1.95. The second-order valence-electron chi connectivity index (χ2n) is 5.18. The smallest absolute Gasteiger partial charge is 0.234 e. The molecule has 0 saturated carbocycles. The van der Waals surface area contributed by atoms with Gasteiger partial charge in [-0.3, -0.25) is 0 Å². The van der Waals surface area contributed by atoms with Gasteiger partial charge in [-0.1, -0.05) is 63.7 Å². The lowest BCUT2D eigenvalue weighted by Crippen LogP contribution is -2.21. The number of hydrogen-bond donors (Lipinski definition) is 1. The molecule has 0 fully saturated rings. The SMILES string of the molecule is Cc1ccc(/C=C/S(=O)(=O)NCC#CCOc2cccc(Br)c2)cc1. The predicted octanol–water partition coefficient (Wildman–Crippen LogP) is 3.73. The molecule has 0 aromatic heterocycles. The highest BCUT2D eigenvalue weighted by atomic mass is 79.9. The molecule has 25 heavy (non-hydrogen) atoms. The molecule has 0 bridgehead atoms. The third-order valence-corrected chi connectivity index (χ3v) is 4.65. The van der Waals surface area contributed by atoms with Gasteiger partial charge in [0.1, 0.15) is 12.4 Å². The summed E-state index contributed by atoms with van der Waals surface area (Å²) in [7, 11) is -3.51. The van der Waals surface area contributed by atoms with Crippen LogP contribution in [0, 0.1) is 18.8 Å². The van der Waals surface area contributed by atoms with Gasteiger partial charge >= 0.3 is 0 Å². The average Bonchev–Trinajstić information content (AvgIpc) is 2.58. The Morgan fingerprint density at radius 2 is 1.92 bits per heavy atom. The van der Waals surface area contributed by atoms with Crippen LogP contribution in [0.4, 0.5) is 0 Å². The van der Waals surface area contributed by atoms with Crippen LogP contribution in [0.2, 0.25) is 0 Å². The van der Waals surface area contributed by atoms with Crippen molar-refractivity contribution < 1.29 is 13.2 Å². The van der Waals surface area contributed by atoms with Crippen LogP contribution in [0.5, 0.6) is 5.75 Å². The van der Waals surface area contributed by atoms with Crippen molar-refractivity contribution in [3.05, 3.63) is 69.5 Å². The molecule has 0 radical (unpaired) electrons. The minimum absolute atomic E-state index is 0.0302. The molecule has 2 aromatic rings. The van der Waals surface area contributed by atoms with Gasteiger partial charge in [-0.25, -0.2) is 8.42 Å². The Labute approximate surface area is 157 Å². The van der Waals surface area contributed by atoms with Crippen molar-refractivity contribution in [3.8, 4) is 17.6 Å². The third kappa shape index (κ3) is 7.57. The fraction of sp³-hybridized carbons (Fsp3) is 0.158. The first-order chi connectivity index (χ1) is 11.9. The quantitative estimate of drug-likeness (QED) is 0.725. The van der Waals surface area contributed by atoms with Crippen LogP contribution in [0.25, 0.3) is 6.08 Å². The van der Waals surface area contributed by atoms with Crippen LogP contribution in [0.1, 0.15) is 11.1 Å². The number of rotatable bonds is 6. The summed E-state index contributed by atoms with van der Waals surface area (Å²) in [6.07, 6.45) is 1.55. The molecule has 0 heterocycles. The van der Waals surface area contributed by atoms with E-state index in [0.29, 0.717) is 5.75 Å². The van der Waals surface area contributed by atoms with Crippen molar-refractivity contribution in [3.63, 3.8) is 0 Å². The number of nitrogens with one attached hydrogen (secondary N) is 1. The summed E-state index contributed by atoms with van der Waals surface area (Å²) in [6, 6.07) is 15.0. The van der Waals surface area contributed by atoms with Gasteiger partial charge in [-0.2, -0.15) is 4.72 Å². The van der Waals surface area contributed by atoms with Gasteiger partial charge in [-0.05, 0) is 36.8 Å². The maximum Gasteiger partial charge on any atom is 0.234 e. The van der Waals surface area contributed by atoms with E-state index >= 15 is 0 Å². The first-order valence-corrected chi connectivity index (χ1v) is 9.87. The van der Waals surface area contributed by atoms with Crippen LogP contribution in [0.15, 0.2) is 58.4 Å². The van der Waals surface area contributed by atoms with Gasteiger partial charge in [0.25, 0.3) is 0 Å². The zero-order valence-electron chi connectivity index (χ0n) is 13.7. The van der Waals surface area contributed by atoms with E-state index in [0.717, 1.165) is 21.0 Å². The molecule has 2 aromatic carbocycles. The molecule has 0 unspecified atom stereocenters. The minimum Gasteiger partial charge on any atom is -0.481 e. The Balaban J connectivity index is 1.77. The first kappa shape index (κ1) is 19.3. The van der Waals surface area contributed by atoms with Crippen LogP contribution in [-0.4, -0.2) is 21.6 Å². The van der Waals surface area contributed by atoms with E-state index in [9.17, 15) is 8.42 Å². The summed E-state index contributed by atoms with van der Waals surface area (Å²) < 4.78 is 32.5. The number of benzene rings is 2. The first-order valence-electron chi connectivity index (χ1n) is 7.53. The number of halogens is 1. The van der Waals surface area contributed by atoms with Gasteiger partial charge in [-0.15, -0.1) is 0 Å². The van der Waals surface area contributed by atoms with Crippen molar-refractivity contribution in [1.29, 1.82) is 0 Å². The molecular weight excluding hydrogens is 402 g/mol. The monoisotopic (exact) mass is 419 g/mol. The fourth-order valence-corrected chi connectivity index (χ4v) is 2.90. The van der Waals surface area contributed by atoms with Crippen LogP contribution in [-0.2, 0) is 10.0 Å². The summed E-state index contributed by atoms with van der Waals surface area (Å²) in [6.45, 7) is 2.20. The zero-order valence-corrected chi connectivity index (χ0v) is 16.1. The predicted molar refractivity (Wildman–Crippen MR) is 105 cm³/mol. The zero-order chi connectivity index (χ0) is 18.1. The molecule has 0 spiro atoms. The summed E-state index contributed by atoms with van der Waals surface area (Å²) in [5, 5.41) is 1.14. The molecule has 0 aliphatic heterocycles. The molecule has 0 amide bonds. The highest BCUT2D eigenvalue weighted by Gasteiger charge is 2.02. The number of hydrogen-bond acceptors (Lipinski definition) is 3. The minimum atomic E-state index is -3.51. The molecular formula is C19H18BrNO3S. The van der Waals surface area contributed by atoms with Gasteiger partial charge in [0.05, 0.1) is 6.54 Å². The maximum atomic E-state index is 11.9. The Kier molecular flexibility index (Phi) is 7.26. The topological polar surface area (TPSA) is 55.4 Å². The lowest BCUT2D eigenvalue weighted by molar-refractivity contribution is 0.370. The molecule has 0 atom stereocenters. The molecule has 6 heteroatoms. The van der Waals surface area contributed by atoms with Crippen molar-refractivity contribution in [1.82, 2.24) is 4.72 Å². The van der Waals surface area contributed by atoms with Crippen molar-refractivity contribution in [2.45, 2.75) is 6.92 Å². The van der Waals surface area contributed by atoms with Gasteiger partial charge in [0.2, 0.25) is 10.0 Å². The molecule has 130 valence electrons. The molecule has 0 aliphatic carbocycles. The van der Waals surface area contributed by atoms with Crippen LogP contribution in [0.3, 0.4) is 0 Å². The molecule has 4 nitrogen and oxygen atoms in total. The fourth-order valence-electron chi connectivity index (χ4n) is 1.82. The van der Waals surface area contributed by atoms with Crippen LogP contribution < -0.4 is 9.46 Å². The van der Waals surface area contributed by atoms with Crippen molar-refractivity contribution in [2.24, 2.45) is 0 Å². The number of ether oxygens (including phenoxy) is 1. The van der Waals surface area contributed by atoms with Crippen molar-refractivity contribution >= 4 is 32.0 Å². The summed E-state index contributed by atoms with van der Waals surface area (Å²) in [4.78, 5) is 0. The van der Waals surface area contributed by atoms with Gasteiger partial charge in [0.15, 0.2) is 0 Å². The van der Waals surface area contributed by atoms with E-state index in [1.807, 2.05) is 55.5 Å². The number of sulfonamides is 1. The summed E-state index contributed by atoms with van der Waals surface area (Å²) in [5.74, 6) is 6.19. The normalized spacial score (nSPS) is 11.1. The second kappa shape index (κ2) is 9.42. The Bertz CT molecular complexity index is 894. The Hall–Kier alpha value is -2.07. The van der Waals surface area contributed by atoms with E-state index in [1.54, 1.807) is 6.08 Å². The van der Waals surface area contributed by atoms with E-state index in [2.05, 4.69) is 32.5 Å². The van der Waals surface area contributed by atoms with E-state index in [4.69, 9.17) is 4.74 Å². The van der Waals surface area contributed by atoms with E-state index in [1.165, 1.54) is 0 Å². The van der Waals surface area contributed by atoms with Gasteiger partial charge in [0, 0.05) is 9.88 Å². The number of aryl methyl sites for hydroxylation is 1.